The average molecular weight is 923 g/mol. The maximum absolute atomic E-state index is 14.7. The molecule has 3 heterocycles. The molecule has 0 aliphatic carbocycles. The second-order valence-electron chi connectivity index (χ2n) is 20.5. The van der Waals surface area contributed by atoms with Crippen molar-refractivity contribution in [3.63, 3.8) is 0 Å². The van der Waals surface area contributed by atoms with Gasteiger partial charge in [0.15, 0.2) is 24.8 Å². The van der Waals surface area contributed by atoms with Gasteiger partial charge in [0.2, 0.25) is 0 Å². The van der Waals surface area contributed by atoms with Gasteiger partial charge in [0, 0.05) is 44.4 Å². The molecular formula is C49H82N2O14. The molecule has 0 amide bonds. The minimum atomic E-state index is -1.60. The number of aliphatic hydroxyl groups is 2. The number of carbonyl (C=O) groups is 3. The van der Waals surface area contributed by atoms with Gasteiger partial charge in [-0.05, 0) is 93.4 Å². The third-order valence-electron chi connectivity index (χ3n) is 14.2. The van der Waals surface area contributed by atoms with E-state index in [1.165, 1.54) is 14.0 Å². The van der Waals surface area contributed by atoms with Gasteiger partial charge < -0.3 is 62.6 Å². The highest BCUT2D eigenvalue weighted by Crippen LogP contribution is 2.42. The van der Waals surface area contributed by atoms with Crippen LogP contribution >= 0.6 is 0 Å². The van der Waals surface area contributed by atoms with Gasteiger partial charge in [-0.15, -0.1) is 0 Å². The minimum absolute atomic E-state index is 0.0173. The van der Waals surface area contributed by atoms with Crippen LogP contribution in [0.25, 0.3) is 0 Å². The van der Waals surface area contributed by atoms with Crippen LogP contribution in [0, 0.1) is 23.2 Å². The maximum atomic E-state index is 14.7. The third-order valence-corrected chi connectivity index (χ3v) is 14.2. The lowest BCUT2D eigenvalue weighted by molar-refractivity contribution is -0.319. The SMILES string of the molecule is CC[C@@H]1OC(=O)[C@H](C)[C@@H](O[C@H]2C[C@@](C)(OC)[C@@H](OC(=O)OCc3ccccc3)[C@H](C)O2)[C@H](C)[C@@H](O[C@@H]2O[C@H](C)C[C@H](N(C)C)[C@H]2OC(C)=O)[C@](C)(O)C[C@@H](C)CN(C)[C@@H](C)[C@@H](O)C1(C)C. The molecule has 3 aliphatic rings. The summed E-state index contributed by atoms with van der Waals surface area (Å²) in [5.41, 5.74) is -2.80. The molecule has 16 nitrogen and oxygen atoms in total. The number of hydrogen-bond acceptors (Lipinski definition) is 16. The van der Waals surface area contributed by atoms with Gasteiger partial charge in [0.25, 0.3) is 0 Å². The van der Waals surface area contributed by atoms with E-state index in [2.05, 4.69) is 4.90 Å². The van der Waals surface area contributed by atoms with Crippen LogP contribution in [0.3, 0.4) is 0 Å². The Hall–Kier alpha value is -2.93. The van der Waals surface area contributed by atoms with Crippen molar-refractivity contribution in [2.45, 2.75) is 200 Å². The van der Waals surface area contributed by atoms with E-state index in [4.69, 9.17) is 42.6 Å². The smallest absolute Gasteiger partial charge is 0.461 e. The molecule has 3 saturated heterocycles. The molecule has 17 atom stereocenters. The third kappa shape index (κ3) is 13.6. The molecule has 2 N–H and O–H groups in total. The molecule has 0 unspecified atom stereocenters. The summed E-state index contributed by atoms with van der Waals surface area (Å²) in [7, 11) is 7.26. The van der Waals surface area contributed by atoms with Gasteiger partial charge in [0.05, 0.1) is 48.1 Å². The van der Waals surface area contributed by atoms with E-state index in [0.717, 1.165) is 5.56 Å². The molecule has 3 fully saturated rings. The van der Waals surface area contributed by atoms with Crippen LogP contribution in [0.15, 0.2) is 30.3 Å². The van der Waals surface area contributed by atoms with Crippen molar-refractivity contribution < 1.29 is 67.2 Å². The number of hydrogen-bond donors (Lipinski definition) is 2. The van der Waals surface area contributed by atoms with Gasteiger partial charge in [-0.25, -0.2) is 4.79 Å². The van der Waals surface area contributed by atoms with Gasteiger partial charge in [-0.2, -0.15) is 0 Å². The summed E-state index contributed by atoms with van der Waals surface area (Å²) in [6.07, 6.45) is -8.26. The molecule has 0 aromatic heterocycles. The maximum Gasteiger partial charge on any atom is 0.509 e. The van der Waals surface area contributed by atoms with Gasteiger partial charge in [0.1, 0.15) is 18.3 Å². The van der Waals surface area contributed by atoms with Crippen molar-refractivity contribution in [2.24, 2.45) is 23.2 Å². The monoisotopic (exact) mass is 923 g/mol. The van der Waals surface area contributed by atoms with Crippen LogP contribution in [0.4, 0.5) is 4.79 Å². The molecule has 372 valence electrons. The van der Waals surface area contributed by atoms with Crippen LogP contribution in [-0.2, 0) is 58.8 Å². The largest absolute Gasteiger partial charge is 0.509 e. The normalized spacial score (nSPS) is 40.2. The van der Waals surface area contributed by atoms with Gasteiger partial charge in [-0.3, -0.25) is 9.59 Å². The summed E-state index contributed by atoms with van der Waals surface area (Å²) in [6.45, 7) is 22.3. The quantitative estimate of drug-likeness (QED) is 0.192. The number of nitrogens with zero attached hydrogens (tertiary/aromatic N) is 2. The van der Waals surface area contributed by atoms with E-state index in [1.807, 2.05) is 105 Å². The second kappa shape index (κ2) is 22.9. The Bertz CT molecular complexity index is 1680. The summed E-state index contributed by atoms with van der Waals surface area (Å²) in [5, 5.41) is 24.8. The number of likely N-dealkylation sites (N-methyl/N-ethyl adjacent to an activating group) is 2. The van der Waals surface area contributed by atoms with Crippen molar-refractivity contribution in [1.82, 2.24) is 9.80 Å². The van der Waals surface area contributed by atoms with E-state index in [1.54, 1.807) is 27.7 Å². The summed E-state index contributed by atoms with van der Waals surface area (Å²) >= 11 is 0. The molecule has 1 aromatic carbocycles. The number of cyclic esters (lactones) is 1. The van der Waals surface area contributed by atoms with E-state index >= 15 is 0 Å². The van der Waals surface area contributed by atoms with Crippen molar-refractivity contribution in [3.05, 3.63) is 35.9 Å². The van der Waals surface area contributed by atoms with Gasteiger partial charge in [-0.1, -0.05) is 65.0 Å². The summed E-state index contributed by atoms with van der Waals surface area (Å²) in [5.74, 6) is -2.99. The van der Waals surface area contributed by atoms with Crippen molar-refractivity contribution in [3.8, 4) is 0 Å². The highest BCUT2D eigenvalue weighted by molar-refractivity contribution is 5.73. The standard InChI is InChI=1S/C49H82N2O14/c1-17-37-47(9,10)41(53)32(6)51(15)26-28(2)24-48(11,56)42(64-45-40(61-34(8)52)36(50(13)14)23-29(3)59-45)30(4)39(31(5)44(54)62-37)63-38-25-49(12,57-16)43(33(7)60-38)65-46(55)58-27-35-21-19-18-20-22-35/h18-22,28-33,36-43,45,53,56H,17,23-27H2,1-16H3/t28-,29-,30+,31-,32+,33+,36+,37+,38+,39+,40-,41-,42-,43+,45+,48-,49-/m1/s1. The Balaban J connectivity index is 1.79. The fourth-order valence-corrected chi connectivity index (χ4v) is 10.4. The fraction of sp³-hybridized carbons (Fsp3) is 0.816. The fourth-order valence-electron chi connectivity index (χ4n) is 10.4. The zero-order valence-electron chi connectivity index (χ0n) is 42.0. The van der Waals surface area contributed by atoms with E-state index in [-0.39, 0.29) is 43.6 Å². The molecule has 16 heteroatoms. The number of esters is 2. The Morgan fingerprint density at radius 2 is 1.57 bits per heavy atom. The number of aliphatic hydroxyl groups excluding tert-OH is 1. The lowest BCUT2D eigenvalue weighted by Gasteiger charge is -2.49. The topological polar surface area (TPSA) is 181 Å². The highest BCUT2D eigenvalue weighted by Gasteiger charge is 2.54. The Labute approximate surface area is 388 Å². The lowest BCUT2D eigenvalue weighted by atomic mass is 9.76. The van der Waals surface area contributed by atoms with Crippen LogP contribution in [0.1, 0.15) is 114 Å². The Kier molecular flexibility index (Phi) is 19.3. The first-order valence-electron chi connectivity index (χ1n) is 23.4. The number of carbonyl (C=O) groups excluding carboxylic acids is 3. The average Bonchev–Trinajstić information content (AvgIpc) is 3.23. The zero-order valence-corrected chi connectivity index (χ0v) is 42.0. The van der Waals surface area contributed by atoms with Gasteiger partial charge >= 0.3 is 18.1 Å². The van der Waals surface area contributed by atoms with Crippen molar-refractivity contribution in [1.29, 1.82) is 0 Å². The van der Waals surface area contributed by atoms with Crippen LogP contribution in [0.5, 0.6) is 0 Å². The Morgan fingerprint density at radius 3 is 2.15 bits per heavy atom. The minimum Gasteiger partial charge on any atom is -0.461 e. The summed E-state index contributed by atoms with van der Waals surface area (Å²) in [4.78, 5) is 44.4. The van der Waals surface area contributed by atoms with Crippen LogP contribution in [-0.4, -0.2) is 158 Å². The molecule has 4 rings (SSSR count). The molecule has 0 radical (unpaired) electrons. The first kappa shape index (κ1) is 54.7. The predicted molar refractivity (Wildman–Crippen MR) is 242 cm³/mol. The highest BCUT2D eigenvalue weighted by atomic mass is 16.8. The molecule has 0 bridgehead atoms. The zero-order chi connectivity index (χ0) is 48.8. The molecule has 65 heavy (non-hydrogen) atoms. The number of methoxy groups -OCH3 is 1. The van der Waals surface area contributed by atoms with E-state index in [0.29, 0.717) is 19.4 Å². The molecule has 0 saturated carbocycles. The first-order valence-corrected chi connectivity index (χ1v) is 23.4. The van der Waals surface area contributed by atoms with Crippen molar-refractivity contribution >= 4 is 18.1 Å². The molecule has 3 aliphatic heterocycles. The van der Waals surface area contributed by atoms with Crippen LogP contribution in [0.2, 0.25) is 0 Å². The number of ether oxygens (including phenoxy) is 9. The number of benzene rings is 1. The summed E-state index contributed by atoms with van der Waals surface area (Å²) in [6, 6.07) is 8.65. The molecular weight excluding hydrogens is 841 g/mol. The van der Waals surface area contributed by atoms with Crippen molar-refractivity contribution in [2.75, 3.05) is 34.8 Å². The predicted octanol–water partition coefficient (Wildman–Crippen LogP) is 6.11. The lowest BCUT2D eigenvalue weighted by Crippen LogP contribution is -2.61. The van der Waals surface area contributed by atoms with E-state index in [9.17, 15) is 24.6 Å². The second-order valence-corrected chi connectivity index (χ2v) is 20.5. The summed E-state index contributed by atoms with van der Waals surface area (Å²) < 4.78 is 56.6. The molecule has 0 spiro atoms. The number of rotatable bonds is 11. The van der Waals surface area contributed by atoms with E-state index < -0.39 is 102 Å². The van der Waals surface area contributed by atoms with Crippen LogP contribution < -0.4 is 0 Å². The molecule has 1 aromatic rings. The first-order chi connectivity index (χ1) is 30.3. The Morgan fingerprint density at radius 1 is 0.923 bits per heavy atom.